The van der Waals surface area contributed by atoms with Crippen molar-refractivity contribution in [3.8, 4) is 0 Å². The Morgan fingerprint density at radius 3 is 2.65 bits per heavy atom. The van der Waals surface area contributed by atoms with Crippen LogP contribution < -0.4 is 16.2 Å². The van der Waals surface area contributed by atoms with Crippen LogP contribution in [0.15, 0.2) is 35.5 Å². The first-order valence-corrected chi connectivity index (χ1v) is 10.4. The molecule has 0 aliphatic rings. The minimum Gasteiger partial charge on any atom is -0.337 e. The molecule has 1 heterocycles. The van der Waals surface area contributed by atoms with Gasteiger partial charge in [-0.2, -0.15) is 11.8 Å². The molecule has 1 aromatic carbocycles. The number of hydrazine groups is 1. The number of aromatic nitrogens is 2. The molecular weight excluding hydrogens is 370 g/mol. The van der Waals surface area contributed by atoms with Gasteiger partial charge in [0.15, 0.2) is 5.16 Å². The molecule has 1 aromatic heterocycles. The molecule has 0 aliphatic carbocycles. The van der Waals surface area contributed by atoms with E-state index in [2.05, 4.69) is 32.4 Å². The number of urea groups is 1. The fraction of sp³-hybridized carbons (Fsp3) is 0.353. The van der Waals surface area contributed by atoms with Crippen LogP contribution in [0, 0.1) is 6.92 Å². The summed E-state index contributed by atoms with van der Waals surface area (Å²) in [6.45, 7) is 3.74. The Kier molecular flexibility index (Phi) is 7.86. The Bertz CT molecular complexity index is 736. The van der Waals surface area contributed by atoms with Crippen LogP contribution in [0.2, 0.25) is 0 Å². The van der Waals surface area contributed by atoms with E-state index in [1.165, 1.54) is 11.8 Å². The number of H-pyrrole nitrogens is 1. The van der Waals surface area contributed by atoms with Crippen LogP contribution in [0.25, 0.3) is 0 Å². The van der Waals surface area contributed by atoms with Crippen molar-refractivity contribution in [1.29, 1.82) is 0 Å². The van der Waals surface area contributed by atoms with E-state index < -0.39 is 11.3 Å². The molecule has 0 bridgehead atoms. The van der Waals surface area contributed by atoms with E-state index in [-0.39, 0.29) is 5.91 Å². The number of para-hydroxylation sites is 1. The summed E-state index contributed by atoms with van der Waals surface area (Å²) in [5.41, 5.74) is 7.45. The summed E-state index contributed by atoms with van der Waals surface area (Å²) in [4.78, 5) is 31.7. The van der Waals surface area contributed by atoms with Crippen LogP contribution in [0.4, 0.5) is 10.5 Å². The number of hydrogen-bond donors (Lipinski definition) is 4. The van der Waals surface area contributed by atoms with E-state index in [4.69, 9.17) is 0 Å². The molecule has 1 atom stereocenters. The van der Waals surface area contributed by atoms with Gasteiger partial charge in [-0.15, -0.1) is 0 Å². The molecule has 140 valence electrons. The molecule has 0 saturated carbocycles. The molecule has 9 heteroatoms. The lowest BCUT2D eigenvalue weighted by Gasteiger charge is -2.12. The molecule has 26 heavy (non-hydrogen) atoms. The monoisotopic (exact) mass is 393 g/mol. The number of amides is 3. The van der Waals surface area contributed by atoms with Gasteiger partial charge in [-0.25, -0.2) is 15.2 Å². The van der Waals surface area contributed by atoms with Crippen molar-refractivity contribution in [1.82, 2.24) is 20.8 Å². The molecular formula is C17H23N5O2S2. The van der Waals surface area contributed by atoms with Crippen LogP contribution in [0.1, 0.15) is 18.3 Å². The SMILES string of the molecule is CSCCc1nc(SC(C)C(=O)NNC(=O)Nc2ccccc2)[nH]c1C. The molecule has 2 aromatic rings. The van der Waals surface area contributed by atoms with Crippen LogP contribution in [0.3, 0.4) is 0 Å². The Balaban J connectivity index is 1.79. The number of carbonyl (C=O) groups is 2. The summed E-state index contributed by atoms with van der Waals surface area (Å²) in [6, 6.07) is 8.49. The highest BCUT2D eigenvalue weighted by Crippen LogP contribution is 2.22. The average molecular weight is 394 g/mol. The number of aromatic amines is 1. The van der Waals surface area contributed by atoms with Gasteiger partial charge < -0.3 is 10.3 Å². The lowest BCUT2D eigenvalue weighted by Crippen LogP contribution is -2.46. The molecule has 3 amide bonds. The topological polar surface area (TPSA) is 98.9 Å². The number of nitrogens with one attached hydrogen (secondary N) is 4. The third-order valence-electron chi connectivity index (χ3n) is 3.50. The zero-order chi connectivity index (χ0) is 18.9. The number of rotatable bonds is 7. The number of nitrogens with zero attached hydrogens (tertiary/aromatic N) is 1. The van der Waals surface area contributed by atoms with Gasteiger partial charge in [-0.3, -0.25) is 10.2 Å². The maximum Gasteiger partial charge on any atom is 0.337 e. The summed E-state index contributed by atoms with van der Waals surface area (Å²) in [5.74, 6) is 0.699. The minimum absolute atomic E-state index is 0.307. The highest BCUT2D eigenvalue weighted by Gasteiger charge is 2.18. The summed E-state index contributed by atoms with van der Waals surface area (Å²) in [6.07, 6.45) is 2.96. The van der Waals surface area contributed by atoms with Gasteiger partial charge in [0.2, 0.25) is 0 Å². The van der Waals surface area contributed by atoms with Crippen molar-refractivity contribution in [2.45, 2.75) is 30.7 Å². The highest BCUT2D eigenvalue weighted by atomic mass is 32.2. The smallest absolute Gasteiger partial charge is 0.337 e. The van der Waals surface area contributed by atoms with Crippen LogP contribution in [-0.4, -0.2) is 39.2 Å². The molecule has 0 spiro atoms. The first kappa shape index (κ1) is 20.2. The van der Waals surface area contributed by atoms with E-state index in [9.17, 15) is 9.59 Å². The van der Waals surface area contributed by atoms with Gasteiger partial charge in [-0.1, -0.05) is 30.0 Å². The lowest BCUT2D eigenvalue weighted by molar-refractivity contribution is -0.120. The zero-order valence-corrected chi connectivity index (χ0v) is 16.6. The number of aryl methyl sites for hydroxylation is 2. The maximum atomic E-state index is 12.1. The summed E-state index contributed by atoms with van der Waals surface area (Å²) < 4.78 is 0. The first-order valence-electron chi connectivity index (χ1n) is 8.12. The van der Waals surface area contributed by atoms with E-state index >= 15 is 0 Å². The number of thioether (sulfide) groups is 2. The summed E-state index contributed by atoms with van der Waals surface area (Å²) in [5, 5.41) is 2.92. The van der Waals surface area contributed by atoms with Gasteiger partial charge >= 0.3 is 6.03 Å². The van der Waals surface area contributed by atoms with Gasteiger partial charge in [0.25, 0.3) is 5.91 Å². The molecule has 4 N–H and O–H groups in total. The van der Waals surface area contributed by atoms with Gasteiger partial charge in [-0.05, 0) is 38.0 Å². The lowest BCUT2D eigenvalue weighted by atomic mass is 10.3. The quantitative estimate of drug-likeness (QED) is 0.428. The number of carbonyl (C=O) groups excluding carboxylic acids is 2. The Hall–Kier alpha value is -2.13. The Morgan fingerprint density at radius 2 is 1.96 bits per heavy atom. The Labute approximate surface area is 161 Å². The molecule has 7 nitrogen and oxygen atoms in total. The highest BCUT2D eigenvalue weighted by molar-refractivity contribution is 8.00. The molecule has 1 unspecified atom stereocenters. The van der Waals surface area contributed by atoms with Crippen molar-refractivity contribution < 1.29 is 9.59 Å². The van der Waals surface area contributed by atoms with Gasteiger partial charge in [0.1, 0.15) is 0 Å². The van der Waals surface area contributed by atoms with Gasteiger partial charge in [0.05, 0.1) is 10.9 Å². The molecule has 0 saturated heterocycles. The third kappa shape index (κ3) is 6.30. The summed E-state index contributed by atoms with van der Waals surface area (Å²) in [7, 11) is 0. The molecule has 2 rings (SSSR count). The van der Waals surface area contributed by atoms with E-state index in [1.807, 2.05) is 25.1 Å². The van der Waals surface area contributed by atoms with Crippen molar-refractivity contribution >= 4 is 41.1 Å². The fourth-order valence-electron chi connectivity index (χ4n) is 2.09. The number of hydrogen-bond acceptors (Lipinski definition) is 5. The second-order valence-corrected chi connectivity index (χ2v) is 7.87. The van der Waals surface area contributed by atoms with Gasteiger partial charge in [0, 0.05) is 17.8 Å². The number of imidazole rings is 1. The van der Waals surface area contributed by atoms with Crippen LogP contribution in [0.5, 0.6) is 0 Å². The second-order valence-electron chi connectivity index (χ2n) is 5.55. The van der Waals surface area contributed by atoms with Crippen molar-refractivity contribution in [3.05, 3.63) is 41.7 Å². The van der Waals surface area contributed by atoms with E-state index in [0.29, 0.717) is 10.8 Å². The van der Waals surface area contributed by atoms with E-state index in [1.54, 1.807) is 30.8 Å². The van der Waals surface area contributed by atoms with E-state index in [0.717, 1.165) is 23.6 Å². The Morgan fingerprint density at radius 1 is 1.23 bits per heavy atom. The van der Waals surface area contributed by atoms with Crippen molar-refractivity contribution in [2.75, 3.05) is 17.3 Å². The summed E-state index contributed by atoms with van der Waals surface area (Å²) >= 11 is 3.09. The standard InChI is InChI=1S/C17H23N5O2S2/c1-11-14(9-10-25-3)20-17(18-11)26-12(2)15(23)21-22-16(24)19-13-7-5-4-6-8-13/h4-8,12H,9-10H2,1-3H3,(H,18,20)(H,21,23)(H2,19,22,24). The van der Waals surface area contributed by atoms with Crippen LogP contribution in [-0.2, 0) is 11.2 Å². The predicted molar refractivity (Wildman–Crippen MR) is 107 cm³/mol. The molecule has 0 fully saturated rings. The fourth-order valence-corrected chi connectivity index (χ4v) is 3.36. The molecule has 0 aliphatic heterocycles. The predicted octanol–water partition coefficient (Wildman–Crippen LogP) is 2.96. The van der Waals surface area contributed by atoms with Crippen molar-refractivity contribution in [3.63, 3.8) is 0 Å². The normalized spacial score (nSPS) is 11.7. The average Bonchev–Trinajstić information content (AvgIpc) is 2.97. The second kappa shape index (κ2) is 10.1. The van der Waals surface area contributed by atoms with Crippen molar-refractivity contribution in [2.24, 2.45) is 0 Å². The minimum atomic E-state index is -0.505. The number of benzene rings is 1. The first-order chi connectivity index (χ1) is 12.5. The zero-order valence-electron chi connectivity index (χ0n) is 15.0. The van der Waals surface area contributed by atoms with Crippen LogP contribution >= 0.6 is 23.5 Å². The molecule has 0 radical (unpaired) electrons. The number of anilines is 1. The largest absolute Gasteiger partial charge is 0.337 e. The maximum absolute atomic E-state index is 12.1. The third-order valence-corrected chi connectivity index (χ3v) is 5.09.